The first kappa shape index (κ1) is 24.1. The van der Waals surface area contributed by atoms with Crippen LogP contribution in [-0.4, -0.2) is 25.9 Å². The third-order valence-electron chi connectivity index (χ3n) is 4.68. The lowest BCUT2D eigenvalue weighted by Gasteiger charge is -2.15. The molecule has 1 amide bonds. The predicted molar refractivity (Wildman–Crippen MR) is 126 cm³/mol. The minimum Gasteiger partial charge on any atom is -0.486 e. The van der Waals surface area contributed by atoms with Crippen LogP contribution in [0, 0.1) is 11.7 Å². The number of carbonyl (C=O) groups excluding carboxylic acids is 1. The fourth-order valence-electron chi connectivity index (χ4n) is 2.83. The maximum Gasteiger partial charge on any atom is 0.237 e. The molecule has 0 radical (unpaired) electrons. The number of amides is 1. The summed E-state index contributed by atoms with van der Waals surface area (Å²) in [4.78, 5) is 12.6. The molecule has 170 valence electrons. The van der Waals surface area contributed by atoms with Crippen LogP contribution >= 0.6 is 23.4 Å². The van der Waals surface area contributed by atoms with Crippen molar-refractivity contribution in [1.82, 2.24) is 14.8 Å². The second kappa shape index (κ2) is 11.3. The number of nitrogens with one attached hydrogen (secondary N) is 1. The van der Waals surface area contributed by atoms with Crippen molar-refractivity contribution in [2.75, 3.05) is 5.32 Å². The molecular formula is C23H26ClFN4O2S. The van der Waals surface area contributed by atoms with Gasteiger partial charge in [-0.05, 0) is 49.6 Å². The van der Waals surface area contributed by atoms with Gasteiger partial charge in [-0.2, -0.15) is 0 Å². The number of carbonyl (C=O) groups is 1. The lowest BCUT2D eigenvalue weighted by Crippen LogP contribution is -2.23. The number of rotatable bonds is 10. The average Bonchev–Trinajstić information content (AvgIpc) is 3.14. The number of thioether (sulfide) groups is 1. The number of aromatic nitrogens is 3. The Morgan fingerprint density at radius 1 is 1.19 bits per heavy atom. The standard InChI is InChI=1S/C23H26ClFN4O2S/c1-15(2)11-12-29-21(14-31-18-7-5-4-6-8-18)27-28-23(29)32-16(3)22(30)26-20-10-9-17(24)13-19(20)25/h4-10,13,15-16H,11-12,14H2,1-3H3,(H,26,30). The van der Waals surface area contributed by atoms with Crippen LogP contribution in [0.15, 0.2) is 53.7 Å². The van der Waals surface area contributed by atoms with Gasteiger partial charge >= 0.3 is 0 Å². The number of anilines is 1. The Kier molecular flexibility index (Phi) is 8.53. The summed E-state index contributed by atoms with van der Waals surface area (Å²) in [6.07, 6.45) is 0.931. The summed E-state index contributed by atoms with van der Waals surface area (Å²) in [5, 5.41) is 11.6. The summed E-state index contributed by atoms with van der Waals surface area (Å²) in [7, 11) is 0. The fourth-order valence-corrected chi connectivity index (χ4v) is 3.88. The number of hydrogen-bond acceptors (Lipinski definition) is 5. The Balaban J connectivity index is 1.70. The molecule has 0 saturated carbocycles. The molecule has 9 heteroatoms. The summed E-state index contributed by atoms with van der Waals surface area (Å²) < 4.78 is 21.9. The Labute approximate surface area is 196 Å². The van der Waals surface area contributed by atoms with E-state index in [2.05, 4.69) is 29.4 Å². The van der Waals surface area contributed by atoms with Gasteiger partial charge in [0.2, 0.25) is 5.91 Å². The van der Waals surface area contributed by atoms with Gasteiger partial charge < -0.3 is 14.6 Å². The van der Waals surface area contributed by atoms with E-state index in [0.717, 1.165) is 18.2 Å². The van der Waals surface area contributed by atoms with Gasteiger partial charge in [-0.3, -0.25) is 4.79 Å². The zero-order valence-corrected chi connectivity index (χ0v) is 19.8. The van der Waals surface area contributed by atoms with Crippen molar-refractivity contribution in [3.05, 3.63) is 65.2 Å². The number of hydrogen-bond donors (Lipinski definition) is 1. The molecule has 1 N–H and O–H groups in total. The quantitative estimate of drug-likeness (QED) is 0.373. The van der Waals surface area contributed by atoms with Gasteiger partial charge in [0.15, 0.2) is 11.0 Å². The monoisotopic (exact) mass is 476 g/mol. The van der Waals surface area contributed by atoms with E-state index in [9.17, 15) is 9.18 Å². The molecule has 1 atom stereocenters. The maximum absolute atomic E-state index is 14.0. The Morgan fingerprint density at radius 2 is 1.94 bits per heavy atom. The van der Waals surface area contributed by atoms with Gasteiger partial charge in [-0.1, -0.05) is 55.4 Å². The zero-order chi connectivity index (χ0) is 23.1. The van der Waals surface area contributed by atoms with Crippen molar-refractivity contribution in [2.24, 2.45) is 5.92 Å². The molecule has 1 heterocycles. The molecule has 1 unspecified atom stereocenters. The number of benzene rings is 2. The largest absolute Gasteiger partial charge is 0.486 e. The summed E-state index contributed by atoms with van der Waals surface area (Å²) in [5.74, 6) is 1.01. The SMILES string of the molecule is CC(C)CCn1c(COc2ccccc2)nnc1SC(C)C(=O)Nc1ccc(Cl)cc1F. The van der Waals surface area contributed by atoms with Crippen LogP contribution in [0.5, 0.6) is 5.75 Å². The van der Waals surface area contributed by atoms with E-state index in [4.69, 9.17) is 16.3 Å². The van der Waals surface area contributed by atoms with Crippen LogP contribution in [0.25, 0.3) is 0 Å². The molecule has 32 heavy (non-hydrogen) atoms. The smallest absolute Gasteiger partial charge is 0.237 e. The van der Waals surface area contributed by atoms with Crippen molar-refractivity contribution >= 4 is 35.0 Å². The predicted octanol–water partition coefficient (Wildman–Crippen LogP) is 5.82. The van der Waals surface area contributed by atoms with Crippen LogP contribution in [0.4, 0.5) is 10.1 Å². The van der Waals surface area contributed by atoms with Crippen LogP contribution in [0.3, 0.4) is 0 Å². The molecule has 0 bridgehead atoms. The second-order valence-corrected chi connectivity index (χ2v) is 9.45. The van der Waals surface area contributed by atoms with Gasteiger partial charge in [0.1, 0.15) is 18.2 Å². The van der Waals surface area contributed by atoms with Gasteiger partial charge in [0.25, 0.3) is 0 Å². The minimum absolute atomic E-state index is 0.0880. The van der Waals surface area contributed by atoms with Crippen molar-refractivity contribution in [2.45, 2.75) is 50.8 Å². The molecule has 0 spiro atoms. The molecule has 2 aromatic carbocycles. The Bertz CT molecular complexity index is 1050. The molecule has 1 aromatic heterocycles. The highest BCUT2D eigenvalue weighted by molar-refractivity contribution is 8.00. The lowest BCUT2D eigenvalue weighted by atomic mass is 10.1. The van der Waals surface area contributed by atoms with Crippen molar-refractivity contribution in [1.29, 1.82) is 0 Å². The highest BCUT2D eigenvalue weighted by atomic mass is 35.5. The van der Waals surface area contributed by atoms with E-state index in [1.165, 1.54) is 23.9 Å². The van der Waals surface area contributed by atoms with Crippen molar-refractivity contribution in [3.8, 4) is 5.75 Å². The molecular weight excluding hydrogens is 451 g/mol. The topological polar surface area (TPSA) is 69.0 Å². The van der Waals surface area contributed by atoms with Gasteiger partial charge in [0.05, 0.1) is 10.9 Å². The maximum atomic E-state index is 14.0. The van der Waals surface area contributed by atoms with E-state index in [1.54, 1.807) is 6.92 Å². The van der Waals surface area contributed by atoms with E-state index < -0.39 is 11.1 Å². The first-order chi connectivity index (χ1) is 15.3. The van der Waals surface area contributed by atoms with E-state index >= 15 is 0 Å². The van der Waals surface area contributed by atoms with Crippen LogP contribution in [0.2, 0.25) is 5.02 Å². The van der Waals surface area contributed by atoms with E-state index in [0.29, 0.717) is 23.4 Å². The lowest BCUT2D eigenvalue weighted by molar-refractivity contribution is -0.115. The molecule has 0 aliphatic carbocycles. The third-order valence-corrected chi connectivity index (χ3v) is 5.99. The zero-order valence-electron chi connectivity index (χ0n) is 18.2. The second-order valence-electron chi connectivity index (χ2n) is 7.71. The average molecular weight is 477 g/mol. The third kappa shape index (κ3) is 6.71. The van der Waals surface area contributed by atoms with E-state index in [1.807, 2.05) is 34.9 Å². The number of halogens is 2. The van der Waals surface area contributed by atoms with Gasteiger partial charge in [-0.25, -0.2) is 4.39 Å². The highest BCUT2D eigenvalue weighted by Gasteiger charge is 2.21. The number of ether oxygens (including phenoxy) is 1. The summed E-state index contributed by atoms with van der Waals surface area (Å²) in [6.45, 7) is 7.02. The molecule has 0 aliphatic rings. The normalized spacial score (nSPS) is 12.1. The molecule has 0 aliphatic heterocycles. The van der Waals surface area contributed by atoms with Gasteiger partial charge in [0, 0.05) is 11.6 Å². The highest BCUT2D eigenvalue weighted by Crippen LogP contribution is 2.26. The fraction of sp³-hybridized carbons (Fsp3) is 0.348. The first-order valence-electron chi connectivity index (χ1n) is 10.4. The van der Waals surface area contributed by atoms with Crippen molar-refractivity contribution < 1.29 is 13.9 Å². The molecule has 0 saturated heterocycles. The first-order valence-corrected chi connectivity index (χ1v) is 11.6. The molecule has 3 aromatic rings. The summed E-state index contributed by atoms with van der Waals surface area (Å²) in [5.41, 5.74) is 0.0880. The Morgan fingerprint density at radius 3 is 2.62 bits per heavy atom. The summed E-state index contributed by atoms with van der Waals surface area (Å²) >= 11 is 7.05. The molecule has 3 rings (SSSR count). The van der Waals surface area contributed by atoms with Crippen LogP contribution < -0.4 is 10.1 Å². The molecule has 6 nitrogen and oxygen atoms in total. The van der Waals surface area contributed by atoms with Crippen molar-refractivity contribution in [3.63, 3.8) is 0 Å². The van der Waals surface area contributed by atoms with Gasteiger partial charge in [-0.15, -0.1) is 10.2 Å². The molecule has 0 fully saturated rings. The minimum atomic E-state index is -0.580. The van der Waals surface area contributed by atoms with E-state index in [-0.39, 0.29) is 23.2 Å². The number of para-hydroxylation sites is 1. The summed E-state index contributed by atoms with van der Waals surface area (Å²) in [6, 6.07) is 13.6. The Hall–Kier alpha value is -2.58. The van der Waals surface area contributed by atoms with Crippen LogP contribution in [-0.2, 0) is 17.9 Å². The van der Waals surface area contributed by atoms with Crippen LogP contribution in [0.1, 0.15) is 33.0 Å². The number of nitrogens with zero attached hydrogens (tertiary/aromatic N) is 3.